The van der Waals surface area contributed by atoms with E-state index in [0.29, 0.717) is 22.2 Å². The van der Waals surface area contributed by atoms with Gasteiger partial charge in [-0.2, -0.15) is 0 Å². The maximum Gasteiger partial charge on any atom is 0.254 e. The van der Waals surface area contributed by atoms with Crippen molar-refractivity contribution in [3.63, 3.8) is 0 Å². The van der Waals surface area contributed by atoms with E-state index in [9.17, 15) is 4.79 Å². The average Bonchev–Trinajstić information content (AvgIpc) is 2.74. The first-order chi connectivity index (χ1) is 8.11. The van der Waals surface area contributed by atoms with Crippen LogP contribution < -0.4 is 5.73 Å². The summed E-state index contributed by atoms with van der Waals surface area (Å²) in [6.45, 7) is 1.25. The van der Waals surface area contributed by atoms with Crippen LogP contribution in [-0.2, 0) is 0 Å². The van der Waals surface area contributed by atoms with Crippen LogP contribution in [0, 0.1) is 0 Å². The van der Waals surface area contributed by atoms with Crippen molar-refractivity contribution in [1.29, 1.82) is 0 Å². The molecule has 2 N–H and O–H groups in total. The molecule has 2 rings (SSSR count). The minimum absolute atomic E-state index is 0. The Bertz CT molecular complexity index is 419. The lowest BCUT2D eigenvalue weighted by atomic mass is 10.1. The molecular weight excluding hydrogens is 295 g/mol. The Kier molecular flexibility index (Phi) is 5.73. The van der Waals surface area contributed by atoms with Gasteiger partial charge in [0.05, 0.1) is 0 Å². The number of nitrogens with zero attached hydrogens (tertiary/aromatic N) is 1. The third-order valence-electron chi connectivity index (χ3n) is 3.02. The second-order valence-corrected chi connectivity index (χ2v) is 5.06. The zero-order valence-corrected chi connectivity index (χ0v) is 12.1. The highest BCUT2D eigenvalue weighted by atomic mass is 35.5. The molecule has 6 heteroatoms. The van der Waals surface area contributed by atoms with Crippen molar-refractivity contribution in [2.45, 2.75) is 18.9 Å². The van der Waals surface area contributed by atoms with Crippen LogP contribution in [0.25, 0.3) is 0 Å². The maximum absolute atomic E-state index is 12.3. The van der Waals surface area contributed by atoms with Gasteiger partial charge in [-0.05, 0) is 31.0 Å². The third-order valence-corrected chi connectivity index (χ3v) is 3.46. The van der Waals surface area contributed by atoms with Crippen LogP contribution >= 0.6 is 35.6 Å². The number of carbonyl (C=O) groups excluding carboxylic acids is 1. The van der Waals surface area contributed by atoms with E-state index in [0.717, 1.165) is 19.4 Å². The van der Waals surface area contributed by atoms with Crippen LogP contribution in [0.1, 0.15) is 23.2 Å². The quantitative estimate of drug-likeness (QED) is 0.913. The Morgan fingerprint density at radius 3 is 2.50 bits per heavy atom. The summed E-state index contributed by atoms with van der Waals surface area (Å²) in [6, 6.07) is 5.04. The van der Waals surface area contributed by atoms with Crippen molar-refractivity contribution in [2.24, 2.45) is 5.73 Å². The van der Waals surface area contributed by atoms with E-state index in [1.54, 1.807) is 18.2 Å². The highest BCUT2D eigenvalue weighted by molar-refractivity contribution is 6.35. The Morgan fingerprint density at radius 1 is 1.33 bits per heavy atom. The minimum Gasteiger partial charge on any atom is -0.334 e. The molecule has 1 heterocycles. The largest absolute Gasteiger partial charge is 0.334 e. The number of hydrogen-bond donors (Lipinski definition) is 1. The molecule has 0 aromatic heterocycles. The van der Waals surface area contributed by atoms with Gasteiger partial charge in [0.2, 0.25) is 0 Å². The van der Waals surface area contributed by atoms with Crippen LogP contribution in [0.15, 0.2) is 18.2 Å². The van der Waals surface area contributed by atoms with Gasteiger partial charge in [0.1, 0.15) is 0 Å². The number of carbonyl (C=O) groups is 1. The summed E-state index contributed by atoms with van der Waals surface area (Å²) in [5, 5.41) is 0.952. The number of halogens is 3. The highest BCUT2D eigenvalue weighted by Gasteiger charge is 2.28. The van der Waals surface area contributed by atoms with Gasteiger partial charge in [-0.15, -0.1) is 12.4 Å². The van der Waals surface area contributed by atoms with Crippen LogP contribution in [0.2, 0.25) is 10.0 Å². The molecular formula is C12H15Cl3N2O. The summed E-state index contributed by atoms with van der Waals surface area (Å²) in [4.78, 5) is 14.1. The molecule has 1 saturated heterocycles. The third kappa shape index (κ3) is 3.29. The van der Waals surface area contributed by atoms with Crippen molar-refractivity contribution < 1.29 is 4.79 Å². The van der Waals surface area contributed by atoms with Crippen molar-refractivity contribution in [3.05, 3.63) is 33.8 Å². The molecule has 1 aromatic rings. The molecule has 0 saturated carbocycles. The fraction of sp³-hybridized carbons (Fsp3) is 0.417. The molecule has 1 unspecified atom stereocenters. The molecule has 1 atom stereocenters. The summed E-state index contributed by atoms with van der Waals surface area (Å²) in [7, 11) is 0. The number of nitrogens with two attached hydrogens (primary N) is 1. The van der Waals surface area contributed by atoms with E-state index in [1.165, 1.54) is 0 Å². The average molecular weight is 310 g/mol. The zero-order valence-electron chi connectivity index (χ0n) is 9.73. The molecule has 1 aromatic carbocycles. The summed E-state index contributed by atoms with van der Waals surface area (Å²) in [5.41, 5.74) is 6.18. The van der Waals surface area contributed by atoms with E-state index >= 15 is 0 Å². The Labute approximate surface area is 123 Å². The van der Waals surface area contributed by atoms with Crippen molar-refractivity contribution >= 4 is 41.5 Å². The molecule has 1 aliphatic heterocycles. The molecule has 3 nitrogen and oxygen atoms in total. The number of rotatable bonds is 2. The van der Waals surface area contributed by atoms with Crippen LogP contribution in [0.4, 0.5) is 0 Å². The summed E-state index contributed by atoms with van der Waals surface area (Å²) in [5.74, 6) is -0.0395. The number of likely N-dealkylation sites (tertiary alicyclic amines) is 1. The van der Waals surface area contributed by atoms with Gasteiger partial charge in [-0.3, -0.25) is 4.79 Å². The SMILES string of the molecule is Cl.NCC1CCCN1C(=O)c1cc(Cl)cc(Cl)c1. The van der Waals surface area contributed by atoms with E-state index in [2.05, 4.69) is 0 Å². The predicted molar refractivity (Wildman–Crippen MR) is 76.8 cm³/mol. The van der Waals surface area contributed by atoms with E-state index in [1.807, 2.05) is 4.90 Å². The first-order valence-electron chi connectivity index (χ1n) is 5.59. The van der Waals surface area contributed by atoms with Gasteiger partial charge in [0.25, 0.3) is 5.91 Å². The predicted octanol–water partition coefficient (Wildman–Crippen LogP) is 2.98. The van der Waals surface area contributed by atoms with Crippen molar-refractivity contribution in [1.82, 2.24) is 4.90 Å². The first kappa shape index (κ1) is 15.6. The highest BCUT2D eigenvalue weighted by Crippen LogP contribution is 2.23. The van der Waals surface area contributed by atoms with Crippen molar-refractivity contribution in [2.75, 3.05) is 13.1 Å². The fourth-order valence-corrected chi connectivity index (χ4v) is 2.72. The topological polar surface area (TPSA) is 46.3 Å². The van der Waals surface area contributed by atoms with Gasteiger partial charge in [-0.25, -0.2) is 0 Å². The van der Waals surface area contributed by atoms with E-state index < -0.39 is 0 Å². The Morgan fingerprint density at radius 2 is 1.94 bits per heavy atom. The lowest BCUT2D eigenvalue weighted by molar-refractivity contribution is 0.0741. The number of amides is 1. The molecule has 100 valence electrons. The number of hydrogen-bond acceptors (Lipinski definition) is 2. The molecule has 1 aliphatic rings. The van der Waals surface area contributed by atoms with Crippen molar-refractivity contribution in [3.8, 4) is 0 Å². The van der Waals surface area contributed by atoms with Gasteiger partial charge in [0.15, 0.2) is 0 Å². The second kappa shape index (κ2) is 6.62. The molecule has 0 bridgehead atoms. The van der Waals surface area contributed by atoms with Crippen LogP contribution in [-0.4, -0.2) is 29.9 Å². The van der Waals surface area contributed by atoms with E-state index in [4.69, 9.17) is 28.9 Å². The standard InChI is InChI=1S/C12H14Cl2N2O.ClH/c13-9-4-8(5-10(14)6-9)12(17)16-3-1-2-11(16)7-15;/h4-6,11H,1-3,7,15H2;1H. The Balaban J connectivity index is 0.00000162. The molecule has 1 amide bonds. The lowest BCUT2D eigenvalue weighted by Crippen LogP contribution is -2.39. The Hall–Kier alpha value is -0.480. The first-order valence-corrected chi connectivity index (χ1v) is 6.34. The fourth-order valence-electron chi connectivity index (χ4n) is 2.19. The maximum atomic E-state index is 12.3. The molecule has 1 fully saturated rings. The monoisotopic (exact) mass is 308 g/mol. The smallest absolute Gasteiger partial charge is 0.254 e. The van der Waals surface area contributed by atoms with Gasteiger partial charge in [-0.1, -0.05) is 23.2 Å². The molecule has 0 spiro atoms. The van der Waals surface area contributed by atoms with Gasteiger partial charge in [0, 0.05) is 34.7 Å². The number of benzene rings is 1. The minimum atomic E-state index is -0.0395. The lowest BCUT2D eigenvalue weighted by Gasteiger charge is -2.23. The van der Waals surface area contributed by atoms with Gasteiger partial charge >= 0.3 is 0 Å². The summed E-state index contributed by atoms with van der Waals surface area (Å²) < 4.78 is 0. The normalized spacial score (nSPS) is 18.6. The molecule has 0 aliphatic carbocycles. The zero-order chi connectivity index (χ0) is 12.4. The molecule has 0 radical (unpaired) electrons. The van der Waals surface area contributed by atoms with Crippen LogP contribution in [0.5, 0.6) is 0 Å². The molecule has 18 heavy (non-hydrogen) atoms. The van der Waals surface area contributed by atoms with E-state index in [-0.39, 0.29) is 24.4 Å². The second-order valence-electron chi connectivity index (χ2n) is 4.19. The van der Waals surface area contributed by atoms with Gasteiger partial charge < -0.3 is 10.6 Å². The van der Waals surface area contributed by atoms with Crippen LogP contribution in [0.3, 0.4) is 0 Å². The summed E-state index contributed by atoms with van der Waals surface area (Å²) >= 11 is 11.8. The summed E-state index contributed by atoms with van der Waals surface area (Å²) in [6.07, 6.45) is 1.97.